The second-order valence-corrected chi connectivity index (χ2v) is 7.48. The minimum atomic E-state index is 0.158. The first kappa shape index (κ1) is 17.3. The maximum atomic E-state index is 12.4. The number of benzene rings is 1. The predicted octanol–water partition coefficient (Wildman–Crippen LogP) is 3.14. The van der Waals surface area contributed by atoms with Crippen molar-refractivity contribution in [1.82, 2.24) is 15.1 Å². The highest BCUT2D eigenvalue weighted by Gasteiger charge is 2.25. The number of carbonyl (C=O) groups is 1. The topological polar surface area (TPSA) is 35.6 Å². The van der Waals surface area contributed by atoms with E-state index in [4.69, 9.17) is 0 Å². The van der Waals surface area contributed by atoms with E-state index >= 15 is 0 Å². The van der Waals surface area contributed by atoms with Gasteiger partial charge >= 0.3 is 6.03 Å². The van der Waals surface area contributed by atoms with Crippen LogP contribution in [0.2, 0.25) is 0 Å². The largest absolute Gasteiger partial charge is 0.335 e. The van der Waals surface area contributed by atoms with E-state index in [0.29, 0.717) is 6.04 Å². The molecular weight excluding hydrogens is 298 g/mol. The number of nitrogens with zero attached hydrogens (tertiary/aromatic N) is 2. The van der Waals surface area contributed by atoms with Crippen LogP contribution in [0, 0.1) is 5.92 Å². The van der Waals surface area contributed by atoms with Gasteiger partial charge in [-0.05, 0) is 70.1 Å². The van der Waals surface area contributed by atoms with Crippen molar-refractivity contribution in [3.8, 4) is 0 Å². The fraction of sp³-hybridized carbons (Fsp3) is 0.650. The van der Waals surface area contributed by atoms with Gasteiger partial charge in [-0.15, -0.1) is 0 Å². The summed E-state index contributed by atoms with van der Waals surface area (Å²) in [6.07, 6.45) is 6.86. The fourth-order valence-electron chi connectivity index (χ4n) is 3.86. The SMILES string of the molecule is CN1CCC(NC(=O)N2CCC(CCc3ccccc3)CC2)CC1. The van der Waals surface area contributed by atoms with Gasteiger partial charge in [0.15, 0.2) is 0 Å². The molecule has 2 heterocycles. The summed E-state index contributed by atoms with van der Waals surface area (Å²) in [6.45, 7) is 4.01. The lowest BCUT2D eigenvalue weighted by molar-refractivity contribution is 0.157. The van der Waals surface area contributed by atoms with Crippen molar-refractivity contribution in [2.24, 2.45) is 5.92 Å². The van der Waals surface area contributed by atoms with Crippen molar-refractivity contribution in [2.75, 3.05) is 33.2 Å². The van der Waals surface area contributed by atoms with Crippen LogP contribution < -0.4 is 5.32 Å². The first-order valence-corrected chi connectivity index (χ1v) is 9.48. The number of amides is 2. The van der Waals surface area contributed by atoms with Crippen LogP contribution in [-0.2, 0) is 6.42 Å². The molecule has 0 atom stereocenters. The maximum absolute atomic E-state index is 12.4. The van der Waals surface area contributed by atoms with Gasteiger partial charge in [0.25, 0.3) is 0 Å². The van der Waals surface area contributed by atoms with Gasteiger partial charge in [0.05, 0.1) is 0 Å². The number of urea groups is 1. The van der Waals surface area contributed by atoms with E-state index in [2.05, 4.69) is 47.6 Å². The highest BCUT2D eigenvalue weighted by molar-refractivity contribution is 5.74. The Morgan fingerprint density at radius 2 is 1.71 bits per heavy atom. The molecule has 2 aliphatic rings. The second kappa shape index (κ2) is 8.52. The van der Waals surface area contributed by atoms with Crippen LogP contribution in [-0.4, -0.2) is 55.1 Å². The van der Waals surface area contributed by atoms with Gasteiger partial charge < -0.3 is 15.1 Å². The average Bonchev–Trinajstić information content (AvgIpc) is 2.63. The zero-order valence-electron chi connectivity index (χ0n) is 14.9. The summed E-state index contributed by atoms with van der Waals surface area (Å²) in [7, 11) is 2.15. The summed E-state index contributed by atoms with van der Waals surface area (Å²) in [6, 6.07) is 11.3. The maximum Gasteiger partial charge on any atom is 0.317 e. The number of piperidine rings is 2. The normalized spacial score (nSPS) is 21.0. The van der Waals surface area contributed by atoms with Gasteiger partial charge in [-0.2, -0.15) is 0 Å². The molecular formula is C20H31N3O. The Hall–Kier alpha value is -1.55. The quantitative estimate of drug-likeness (QED) is 0.921. The minimum Gasteiger partial charge on any atom is -0.335 e. The van der Waals surface area contributed by atoms with E-state index in [1.807, 2.05) is 4.90 Å². The molecule has 0 radical (unpaired) electrons. The molecule has 4 nitrogen and oxygen atoms in total. The number of rotatable bonds is 4. The molecule has 2 saturated heterocycles. The first-order chi connectivity index (χ1) is 11.7. The third-order valence-electron chi connectivity index (χ3n) is 5.63. The molecule has 0 unspecified atom stereocenters. The van der Waals surface area contributed by atoms with Crippen molar-refractivity contribution < 1.29 is 4.79 Å². The molecule has 1 N–H and O–H groups in total. The van der Waals surface area contributed by atoms with Gasteiger partial charge in [0, 0.05) is 19.1 Å². The van der Waals surface area contributed by atoms with Gasteiger partial charge in [-0.3, -0.25) is 0 Å². The molecule has 2 amide bonds. The molecule has 132 valence electrons. The van der Waals surface area contributed by atoms with Gasteiger partial charge in [-0.1, -0.05) is 30.3 Å². The summed E-state index contributed by atoms with van der Waals surface area (Å²) in [5.41, 5.74) is 1.43. The molecule has 2 aliphatic heterocycles. The lowest BCUT2D eigenvalue weighted by Crippen LogP contribution is -2.50. The predicted molar refractivity (Wildman–Crippen MR) is 98.1 cm³/mol. The van der Waals surface area contributed by atoms with Crippen LogP contribution in [0.4, 0.5) is 4.79 Å². The van der Waals surface area contributed by atoms with E-state index in [9.17, 15) is 4.79 Å². The minimum absolute atomic E-state index is 0.158. The number of hydrogen-bond acceptors (Lipinski definition) is 2. The molecule has 1 aromatic rings. The van der Waals surface area contributed by atoms with E-state index in [1.165, 1.54) is 12.0 Å². The lowest BCUT2D eigenvalue weighted by atomic mass is 9.90. The Balaban J connectivity index is 1.36. The van der Waals surface area contributed by atoms with Crippen molar-refractivity contribution >= 4 is 6.03 Å². The smallest absolute Gasteiger partial charge is 0.317 e. The highest BCUT2D eigenvalue weighted by Crippen LogP contribution is 2.22. The monoisotopic (exact) mass is 329 g/mol. The number of likely N-dealkylation sites (tertiary alicyclic amines) is 2. The summed E-state index contributed by atoms with van der Waals surface area (Å²) < 4.78 is 0. The molecule has 0 aliphatic carbocycles. The van der Waals surface area contributed by atoms with Crippen LogP contribution in [0.25, 0.3) is 0 Å². The Morgan fingerprint density at radius 3 is 2.38 bits per heavy atom. The van der Waals surface area contributed by atoms with Crippen molar-refractivity contribution in [2.45, 2.75) is 44.6 Å². The van der Waals surface area contributed by atoms with Crippen molar-refractivity contribution in [3.05, 3.63) is 35.9 Å². The zero-order valence-corrected chi connectivity index (χ0v) is 14.9. The highest BCUT2D eigenvalue weighted by atomic mass is 16.2. The molecule has 0 bridgehead atoms. The lowest BCUT2D eigenvalue weighted by Gasteiger charge is -2.35. The summed E-state index contributed by atoms with van der Waals surface area (Å²) in [5.74, 6) is 0.762. The number of aryl methyl sites for hydroxylation is 1. The third kappa shape index (κ3) is 4.97. The van der Waals surface area contributed by atoms with Gasteiger partial charge in [0.1, 0.15) is 0 Å². The van der Waals surface area contributed by atoms with E-state index in [1.54, 1.807) is 0 Å². The summed E-state index contributed by atoms with van der Waals surface area (Å²) >= 11 is 0. The van der Waals surface area contributed by atoms with Crippen LogP contribution in [0.3, 0.4) is 0 Å². The number of hydrogen-bond donors (Lipinski definition) is 1. The van der Waals surface area contributed by atoms with Crippen LogP contribution in [0.1, 0.15) is 37.7 Å². The number of nitrogens with one attached hydrogen (secondary N) is 1. The molecule has 1 aromatic carbocycles. The van der Waals surface area contributed by atoms with Gasteiger partial charge in [-0.25, -0.2) is 4.79 Å². The Morgan fingerprint density at radius 1 is 1.04 bits per heavy atom. The van der Waals surface area contributed by atoms with Crippen LogP contribution in [0.15, 0.2) is 30.3 Å². The molecule has 24 heavy (non-hydrogen) atoms. The molecule has 0 spiro atoms. The standard InChI is InChI=1S/C20H31N3O/c1-22-13-11-19(12-14-22)21-20(24)23-15-9-18(10-16-23)8-7-17-5-3-2-4-6-17/h2-6,18-19H,7-16H2,1H3,(H,21,24). The van der Waals surface area contributed by atoms with E-state index < -0.39 is 0 Å². The summed E-state index contributed by atoms with van der Waals surface area (Å²) in [5, 5.41) is 3.24. The Bertz CT molecular complexity index is 503. The fourth-order valence-corrected chi connectivity index (χ4v) is 3.86. The zero-order chi connectivity index (χ0) is 16.8. The van der Waals surface area contributed by atoms with Crippen molar-refractivity contribution in [3.63, 3.8) is 0 Å². The molecule has 2 fully saturated rings. The third-order valence-corrected chi connectivity index (χ3v) is 5.63. The van der Waals surface area contributed by atoms with E-state index in [0.717, 1.165) is 64.2 Å². The second-order valence-electron chi connectivity index (χ2n) is 7.48. The average molecular weight is 329 g/mol. The molecule has 0 aromatic heterocycles. The Kier molecular flexibility index (Phi) is 6.13. The van der Waals surface area contributed by atoms with Gasteiger partial charge in [0.2, 0.25) is 0 Å². The van der Waals surface area contributed by atoms with Crippen LogP contribution in [0.5, 0.6) is 0 Å². The summed E-state index contributed by atoms with van der Waals surface area (Å²) in [4.78, 5) is 16.8. The van der Waals surface area contributed by atoms with Crippen LogP contribution >= 0.6 is 0 Å². The first-order valence-electron chi connectivity index (χ1n) is 9.48. The molecule has 0 saturated carbocycles. The van der Waals surface area contributed by atoms with E-state index in [-0.39, 0.29) is 6.03 Å². The molecule has 4 heteroatoms. The Labute approximate surface area is 146 Å². The van der Waals surface area contributed by atoms with Crippen molar-refractivity contribution in [1.29, 1.82) is 0 Å². The number of carbonyl (C=O) groups excluding carboxylic acids is 1. The molecule has 3 rings (SSSR count).